The van der Waals surface area contributed by atoms with E-state index in [0.717, 1.165) is 31.3 Å². The summed E-state index contributed by atoms with van der Waals surface area (Å²) in [6.45, 7) is 3.74. The zero-order chi connectivity index (χ0) is 15.1. The van der Waals surface area contributed by atoms with Crippen LogP contribution in [-0.2, 0) is 0 Å². The Bertz CT molecular complexity index is 467. The predicted molar refractivity (Wildman–Crippen MR) is 98.6 cm³/mol. The van der Waals surface area contributed by atoms with Crippen molar-refractivity contribution in [1.82, 2.24) is 10.6 Å². The summed E-state index contributed by atoms with van der Waals surface area (Å²) in [7, 11) is 1.79. The first-order valence-corrected chi connectivity index (χ1v) is 7.54. The molecule has 1 aliphatic carbocycles. The van der Waals surface area contributed by atoms with E-state index in [0.29, 0.717) is 18.4 Å². The fourth-order valence-corrected chi connectivity index (χ4v) is 2.05. The van der Waals surface area contributed by atoms with Crippen molar-refractivity contribution in [3.05, 3.63) is 30.1 Å². The van der Waals surface area contributed by atoms with Crippen molar-refractivity contribution in [2.24, 2.45) is 10.9 Å². The Labute approximate surface area is 148 Å². The second-order valence-corrected chi connectivity index (χ2v) is 5.47. The number of nitrogens with one attached hydrogen (secondary N) is 2. The summed E-state index contributed by atoms with van der Waals surface area (Å²) in [5.74, 6) is 2.11. The first kappa shape index (κ1) is 19.0. The van der Waals surface area contributed by atoms with Gasteiger partial charge in [-0.2, -0.15) is 0 Å². The third-order valence-corrected chi connectivity index (χ3v) is 3.60. The number of hydrogen-bond donors (Lipinski definition) is 2. The van der Waals surface area contributed by atoms with Crippen LogP contribution in [0.2, 0.25) is 0 Å². The molecule has 0 aliphatic heterocycles. The second kappa shape index (κ2) is 9.86. The molecule has 0 radical (unpaired) electrons. The largest absolute Gasteiger partial charge is 0.494 e. The Hall–Kier alpha value is -1.05. The molecule has 4 nitrogen and oxygen atoms in total. The lowest BCUT2D eigenvalue weighted by Crippen LogP contribution is -2.39. The van der Waals surface area contributed by atoms with Crippen molar-refractivity contribution in [2.45, 2.75) is 32.2 Å². The Morgan fingerprint density at radius 1 is 1.32 bits per heavy atom. The molecule has 0 saturated heterocycles. The van der Waals surface area contributed by atoms with Gasteiger partial charge in [0.2, 0.25) is 0 Å². The minimum Gasteiger partial charge on any atom is -0.494 e. The molecule has 2 atom stereocenters. The van der Waals surface area contributed by atoms with Gasteiger partial charge in [-0.1, -0.05) is 6.92 Å². The zero-order valence-corrected chi connectivity index (χ0v) is 15.5. The minimum atomic E-state index is -0.240. The fourth-order valence-electron chi connectivity index (χ4n) is 2.05. The number of ether oxygens (including phenoxy) is 1. The summed E-state index contributed by atoms with van der Waals surface area (Å²) in [5, 5.41) is 6.69. The van der Waals surface area contributed by atoms with E-state index in [1.54, 1.807) is 19.2 Å². The van der Waals surface area contributed by atoms with Crippen molar-refractivity contribution >= 4 is 29.9 Å². The van der Waals surface area contributed by atoms with Gasteiger partial charge in [-0.05, 0) is 49.4 Å². The molecule has 1 fully saturated rings. The van der Waals surface area contributed by atoms with E-state index in [4.69, 9.17) is 4.74 Å². The maximum Gasteiger partial charge on any atom is 0.191 e. The third kappa shape index (κ3) is 6.81. The van der Waals surface area contributed by atoms with E-state index < -0.39 is 0 Å². The molecular weight excluding hydrogens is 396 g/mol. The summed E-state index contributed by atoms with van der Waals surface area (Å²) < 4.78 is 18.3. The molecule has 0 heterocycles. The van der Waals surface area contributed by atoms with Crippen molar-refractivity contribution in [2.75, 3.05) is 20.2 Å². The van der Waals surface area contributed by atoms with E-state index in [-0.39, 0.29) is 29.8 Å². The lowest BCUT2D eigenvalue weighted by molar-refractivity contribution is 0.306. The van der Waals surface area contributed by atoms with Gasteiger partial charge < -0.3 is 15.4 Å². The van der Waals surface area contributed by atoms with Crippen LogP contribution in [0.5, 0.6) is 5.75 Å². The molecule has 1 aliphatic rings. The van der Waals surface area contributed by atoms with E-state index in [1.807, 2.05) is 0 Å². The van der Waals surface area contributed by atoms with Gasteiger partial charge in [0, 0.05) is 19.6 Å². The molecule has 0 bridgehead atoms. The summed E-state index contributed by atoms with van der Waals surface area (Å²) in [5.41, 5.74) is 0. The first-order chi connectivity index (χ1) is 10.2. The summed E-state index contributed by atoms with van der Waals surface area (Å²) in [6.07, 6.45) is 3.18. The molecule has 0 amide bonds. The van der Waals surface area contributed by atoms with Crippen molar-refractivity contribution in [3.63, 3.8) is 0 Å². The standard InChI is InChI=1S/C16H24FN3O.HI/c1-12-11-15(12)20-16(18-2)19-9-3-4-10-21-14-7-5-13(17)6-8-14;/h5-8,12,15H,3-4,9-11H2,1-2H3,(H2,18,19,20);1H. The highest BCUT2D eigenvalue weighted by atomic mass is 127. The topological polar surface area (TPSA) is 45.7 Å². The monoisotopic (exact) mass is 421 g/mol. The third-order valence-electron chi connectivity index (χ3n) is 3.60. The second-order valence-electron chi connectivity index (χ2n) is 5.47. The smallest absolute Gasteiger partial charge is 0.191 e. The predicted octanol–water partition coefficient (Wildman–Crippen LogP) is 3.18. The highest BCUT2D eigenvalue weighted by molar-refractivity contribution is 14.0. The highest BCUT2D eigenvalue weighted by Gasteiger charge is 2.32. The van der Waals surface area contributed by atoms with Crippen molar-refractivity contribution in [1.29, 1.82) is 0 Å². The molecule has 0 aromatic heterocycles. The van der Waals surface area contributed by atoms with Gasteiger partial charge in [0.05, 0.1) is 6.61 Å². The van der Waals surface area contributed by atoms with Crippen LogP contribution in [0.4, 0.5) is 4.39 Å². The van der Waals surface area contributed by atoms with Crippen LogP contribution >= 0.6 is 24.0 Å². The van der Waals surface area contributed by atoms with Crippen molar-refractivity contribution < 1.29 is 9.13 Å². The average Bonchev–Trinajstić information content (AvgIpc) is 3.18. The molecule has 2 unspecified atom stereocenters. The number of benzene rings is 1. The quantitative estimate of drug-likeness (QED) is 0.308. The van der Waals surface area contributed by atoms with Crippen LogP contribution in [-0.4, -0.2) is 32.2 Å². The van der Waals surface area contributed by atoms with Gasteiger partial charge in [-0.25, -0.2) is 4.39 Å². The van der Waals surface area contributed by atoms with E-state index in [1.165, 1.54) is 18.6 Å². The summed E-state index contributed by atoms with van der Waals surface area (Å²) in [6, 6.07) is 6.70. The van der Waals surface area contributed by atoms with Crippen LogP contribution in [0.3, 0.4) is 0 Å². The van der Waals surface area contributed by atoms with Gasteiger partial charge in [0.1, 0.15) is 11.6 Å². The maximum absolute atomic E-state index is 12.7. The van der Waals surface area contributed by atoms with Crippen LogP contribution in [0.1, 0.15) is 26.2 Å². The molecule has 1 aromatic carbocycles. The van der Waals surface area contributed by atoms with Crippen LogP contribution in [0.25, 0.3) is 0 Å². The summed E-state index contributed by atoms with van der Waals surface area (Å²) in [4.78, 5) is 4.20. The Morgan fingerprint density at radius 2 is 2.00 bits per heavy atom. The minimum absolute atomic E-state index is 0. The Morgan fingerprint density at radius 3 is 2.59 bits per heavy atom. The van der Waals surface area contributed by atoms with Crippen LogP contribution < -0.4 is 15.4 Å². The van der Waals surface area contributed by atoms with Gasteiger partial charge in [-0.3, -0.25) is 4.99 Å². The normalized spacial score (nSPS) is 20.0. The zero-order valence-electron chi connectivity index (χ0n) is 13.1. The Balaban J connectivity index is 0.00000242. The van der Waals surface area contributed by atoms with Gasteiger partial charge in [0.15, 0.2) is 5.96 Å². The molecule has 0 spiro atoms. The average molecular weight is 421 g/mol. The van der Waals surface area contributed by atoms with Crippen LogP contribution in [0.15, 0.2) is 29.3 Å². The van der Waals surface area contributed by atoms with Gasteiger partial charge >= 0.3 is 0 Å². The summed E-state index contributed by atoms with van der Waals surface area (Å²) >= 11 is 0. The number of nitrogens with zero attached hydrogens (tertiary/aromatic N) is 1. The van der Waals surface area contributed by atoms with Crippen molar-refractivity contribution in [3.8, 4) is 5.75 Å². The fraction of sp³-hybridized carbons (Fsp3) is 0.562. The number of aliphatic imine (C=N–C) groups is 1. The molecule has 124 valence electrons. The molecule has 1 aromatic rings. The van der Waals surface area contributed by atoms with E-state index >= 15 is 0 Å². The number of halogens is 2. The number of hydrogen-bond acceptors (Lipinski definition) is 2. The van der Waals surface area contributed by atoms with Gasteiger partial charge in [-0.15, -0.1) is 24.0 Å². The lowest BCUT2D eigenvalue weighted by Gasteiger charge is -2.11. The number of unbranched alkanes of at least 4 members (excludes halogenated alkanes) is 1. The first-order valence-electron chi connectivity index (χ1n) is 7.54. The molecule has 2 rings (SSSR count). The molecular formula is C16H25FIN3O. The SMILES string of the molecule is CN=C(NCCCCOc1ccc(F)cc1)NC1CC1C.I. The molecule has 22 heavy (non-hydrogen) atoms. The Kier molecular flexibility index (Phi) is 8.52. The number of rotatable bonds is 7. The van der Waals surface area contributed by atoms with E-state index in [2.05, 4.69) is 22.5 Å². The molecule has 2 N–H and O–H groups in total. The number of guanidine groups is 1. The maximum atomic E-state index is 12.7. The van der Waals surface area contributed by atoms with Crippen LogP contribution in [0, 0.1) is 11.7 Å². The van der Waals surface area contributed by atoms with E-state index in [9.17, 15) is 4.39 Å². The van der Waals surface area contributed by atoms with Gasteiger partial charge in [0.25, 0.3) is 0 Å². The molecule has 1 saturated carbocycles. The molecule has 6 heteroatoms. The lowest BCUT2D eigenvalue weighted by atomic mass is 10.3. The highest BCUT2D eigenvalue weighted by Crippen LogP contribution is 2.28.